The molecule has 0 fully saturated rings. The van der Waals surface area contributed by atoms with Crippen molar-refractivity contribution in [2.45, 2.75) is 6.42 Å². The van der Waals surface area contributed by atoms with Gasteiger partial charge in [0.15, 0.2) is 0 Å². The molecule has 0 aliphatic carbocycles. The van der Waals surface area contributed by atoms with E-state index in [1.54, 1.807) is 48.4 Å². The summed E-state index contributed by atoms with van der Waals surface area (Å²) in [5.74, 6) is 0.0822. The molecule has 0 spiro atoms. The van der Waals surface area contributed by atoms with E-state index in [2.05, 4.69) is 10.0 Å². The van der Waals surface area contributed by atoms with Gasteiger partial charge in [0.25, 0.3) is 11.8 Å². The number of nitrogens with zero attached hydrogens (tertiary/aromatic N) is 1. The highest BCUT2D eigenvalue weighted by Crippen LogP contribution is 2.33. The molecule has 1 aliphatic heterocycles. The van der Waals surface area contributed by atoms with E-state index in [9.17, 15) is 18.0 Å². The molecule has 10 heteroatoms. The van der Waals surface area contributed by atoms with Crippen LogP contribution in [0.2, 0.25) is 5.02 Å². The molecule has 0 aromatic heterocycles. The van der Waals surface area contributed by atoms with Crippen LogP contribution in [0.3, 0.4) is 0 Å². The number of fused-ring (bicyclic) bond motifs is 1. The van der Waals surface area contributed by atoms with Crippen LogP contribution >= 0.6 is 11.6 Å². The second-order valence-electron chi connectivity index (χ2n) is 7.80. The molecular formula is C24H22ClN3O5S. The van der Waals surface area contributed by atoms with Gasteiger partial charge in [-0.1, -0.05) is 17.7 Å². The van der Waals surface area contributed by atoms with Gasteiger partial charge in [-0.15, -0.1) is 0 Å². The average Bonchev–Trinajstić information content (AvgIpc) is 3.22. The molecule has 0 atom stereocenters. The summed E-state index contributed by atoms with van der Waals surface area (Å²) in [6.45, 7) is 0.537. The number of halogens is 1. The highest BCUT2D eigenvalue weighted by molar-refractivity contribution is 7.92. The zero-order chi connectivity index (χ0) is 24.5. The van der Waals surface area contributed by atoms with Crippen molar-refractivity contribution in [3.8, 4) is 5.75 Å². The van der Waals surface area contributed by atoms with Crippen LogP contribution in [0.1, 0.15) is 26.3 Å². The molecule has 3 aromatic carbocycles. The van der Waals surface area contributed by atoms with E-state index in [0.29, 0.717) is 30.0 Å². The quantitative estimate of drug-likeness (QED) is 0.529. The molecule has 34 heavy (non-hydrogen) atoms. The third kappa shape index (κ3) is 5.16. The topological polar surface area (TPSA) is 105 Å². The number of anilines is 3. The maximum Gasteiger partial charge on any atom is 0.258 e. The summed E-state index contributed by atoms with van der Waals surface area (Å²) in [5, 5.41) is 2.97. The second kappa shape index (κ2) is 9.36. The van der Waals surface area contributed by atoms with Gasteiger partial charge in [0.1, 0.15) is 5.75 Å². The Morgan fingerprint density at radius 2 is 1.71 bits per heavy atom. The molecule has 4 rings (SSSR count). The lowest BCUT2D eigenvalue weighted by Crippen LogP contribution is -2.28. The molecule has 1 heterocycles. The molecule has 176 valence electrons. The van der Waals surface area contributed by atoms with Crippen molar-refractivity contribution in [1.82, 2.24) is 0 Å². The van der Waals surface area contributed by atoms with E-state index in [4.69, 9.17) is 16.3 Å². The zero-order valence-corrected chi connectivity index (χ0v) is 20.0. The number of carbonyl (C=O) groups is 2. The van der Waals surface area contributed by atoms with Crippen LogP contribution in [0.15, 0.2) is 60.7 Å². The van der Waals surface area contributed by atoms with Crippen LogP contribution in [0.4, 0.5) is 17.1 Å². The maximum atomic E-state index is 13.1. The van der Waals surface area contributed by atoms with E-state index in [1.807, 2.05) is 6.07 Å². The lowest BCUT2D eigenvalue weighted by molar-refractivity contribution is 0.0988. The Bertz CT molecular complexity index is 1370. The fourth-order valence-corrected chi connectivity index (χ4v) is 4.49. The van der Waals surface area contributed by atoms with Crippen molar-refractivity contribution in [2.24, 2.45) is 0 Å². The van der Waals surface area contributed by atoms with Crippen LogP contribution in [0.25, 0.3) is 0 Å². The Balaban J connectivity index is 1.54. The van der Waals surface area contributed by atoms with Gasteiger partial charge in [-0.25, -0.2) is 8.42 Å². The van der Waals surface area contributed by atoms with Crippen molar-refractivity contribution in [1.29, 1.82) is 0 Å². The minimum absolute atomic E-state index is 0.113. The third-order valence-electron chi connectivity index (χ3n) is 5.34. The van der Waals surface area contributed by atoms with Crippen molar-refractivity contribution in [2.75, 3.05) is 34.8 Å². The normalized spacial score (nSPS) is 12.7. The molecule has 0 radical (unpaired) electrons. The molecule has 0 unspecified atom stereocenters. The molecule has 2 amide bonds. The highest BCUT2D eigenvalue weighted by Gasteiger charge is 2.26. The van der Waals surface area contributed by atoms with Gasteiger partial charge in [-0.3, -0.25) is 14.3 Å². The monoisotopic (exact) mass is 499 g/mol. The largest absolute Gasteiger partial charge is 0.497 e. The highest BCUT2D eigenvalue weighted by atomic mass is 35.5. The third-order valence-corrected chi connectivity index (χ3v) is 6.27. The molecule has 0 saturated carbocycles. The number of sulfonamides is 1. The first-order chi connectivity index (χ1) is 16.1. The van der Waals surface area contributed by atoms with Crippen molar-refractivity contribution in [3.05, 3.63) is 82.4 Å². The summed E-state index contributed by atoms with van der Waals surface area (Å²) in [4.78, 5) is 27.6. The van der Waals surface area contributed by atoms with E-state index in [0.717, 1.165) is 17.5 Å². The number of amides is 2. The van der Waals surface area contributed by atoms with Crippen molar-refractivity contribution >= 4 is 50.5 Å². The lowest BCUT2D eigenvalue weighted by Gasteiger charge is -2.18. The fraction of sp³-hybridized carbons (Fsp3) is 0.167. The molecule has 0 bridgehead atoms. The number of hydrogen-bond acceptors (Lipinski definition) is 5. The van der Waals surface area contributed by atoms with Crippen molar-refractivity contribution in [3.63, 3.8) is 0 Å². The Kier molecular flexibility index (Phi) is 6.49. The summed E-state index contributed by atoms with van der Waals surface area (Å²) in [5.41, 5.74) is 3.12. The Labute approximate surface area is 202 Å². The minimum Gasteiger partial charge on any atom is -0.497 e. The number of benzene rings is 3. The van der Waals surface area contributed by atoms with E-state index < -0.39 is 15.9 Å². The van der Waals surface area contributed by atoms with E-state index in [-0.39, 0.29) is 22.2 Å². The molecule has 1 aliphatic rings. The van der Waals surface area contributed by atoms with Gasteiger partial charge in [-0.2, -0.15) is 0 Å². The Morgan fingerprint density at radius 1 is 1.00 bits per heavy atom. The summed E-state index contributed by atoms with van der Waals surface area (Å²) in [6.07, 6.45) is 1.71. The van der Waals surface area contributed by atoms with Crippen LogP contribution < -0.4 is 19.7 Å². The SMILES string of the molecule is COc1ccc(C(=O)N2CCc3ccc(NC(=O)c4ccc(Cl)c(NS(C)(=O)=O)c4)cc32)cc1. The molecule has 2 N–H and O–H groups in total. The van der Waals surface area contributed by atoms with Gasteiger partial charge in [-0.05, 0) is 66.6 Å². The lowest BCUT2D eigenvalue weighted by atomic mass is 10.1. The van der Waals surface area contributed by atoms with Crippen LogP contribution in [0.5, 0.6) is 5.75 Å². The van der Waals surface area contributed by atoms with Gasteiger partial charge < -0.3 is 15.0 Å². The van der Waals surface area contributed by atoms with E-state index in [1.165, 1.54) is 18.2 Å². The predicted molar refractivity (Wildman–Crippen MR) is 133 cm³/mol. The first-order valence-corrected chi connectivity index (χ1v) is 12.6. The predicted octanol–water partition coefficient (Wildman–Crippen LogP) is 4.18. The maximum absolute atomic E-state index is 13.1. The summed E-state index contributed by atoms with van der Waals surface area (Å²) < 4.78 is 30.5. The Morgan fingerprint density at radius 3 is 2.38 bits per heavy atom. The van der Waals surface area contributed by atoms with Gasteiger partial charge in [0.2, 0.25) is 10.0 Å². The van der Waals surface area contributed by atoms with Crippen LogP contribution in [0, 0.1) is 0 Å². The van der Waals surface area contributed by atoms with Gasteiger partial charge in [0, 0.05) is 29.0 Å². The molecule has 0 saturated heterocycles. The molecular weight excluding hydrogens is 478 g/mol. The first-order valence-electron chi connectivity index (χ1n) is 10.3. The summed E-state index contributed by atoms with van der Waals surface area (Å²) >= 11 is 6.04. The Hall–Kier alpha value is -3.56. The zero-order valence-electron chi connectivity index (χ0n) is 18.5. The number of methoxy groups -OCH3 is 1. The smallest absolute Gasteiger partial charge is 0.258 e. The van der Waals surface area contributed by atoms with Gasteiger partial charge >= 0.3 is 0 Å². The standard InChI is InChI=1S/C24H22ClN3O5S/c1-33-19-8-4-16(5-9-19)24(30)28-12-11-15-3-7-18(14-22(15)28)26-23(29)17-6-10-20(25)21(13-17)27-34(2,31)32/h3-10,13-14,27H,11-12H2,1-2H3,(H,26,29). The fourth-order valence-electron chi connectivity index (χ4n) is 3.71. The number of rotatable bonds is 6. The van der Waals surface area contributed by atoms with Crippen LogP contribution in [-0.4, -0.2) is 40.1 Å². The molecule has 8 nitrogen and oxygen atoms in total. The number of carbonyl (C=O) groups excluding carboxylic acids is 2. The summed E-state index contributed by atoms with van der Waals surface area (Å²) in [6, 6.07) is 16.6. The van der Waals surface area contributed by atoms with E-state index >= 15 is 0 Å². The van der Waals surface area contributed by atoms with Gasteiger partial charge in [0.05, 0.1) is 24.1 Å². The average molecular weight is 500 g/mol. The summed E-state index contributed by atoms with van der Waals surface area (Å²) in [7, 11) is -1.99. The van der Waals surface area contributed by atoms with Crippen LogP contribution in [-0.2, 0) is 16.4 Å². The number of ether oxygens (including phenoxy) is 1. The first kappa shape index (κ1) is 23.6. The molecule has 3 aromatic rings. The minimum atomic E-state index is -3.56. The van der Waals surface area contributed by atoms with Crippen molar-refractivity contribution < 1.29 is 22.7 Å². The number of hydrogen-bond donors (Lipinski definition) is 2. The second-order valence-corrected chi connectivity index (χ2v) is 9.96. The number of nitrogens with one attached hydrogen (secondary N) is 2.